The molecular weight excluding hydrogens is 296 g/mol. The first-order chi connectivity index (χ1) is 10.6. The molecule has 0 aromatic heterocycles. The van der Waals surface area contributed by atoms with Crippen molar-refractivity contribution in [2.75, 3.05) is 10.8 Å². The van der Waals surface area contributed by atoms with Gasteiger partial charge in [-0.05, 0) is 36.1 Å². The molecule has 0 bridgehead atoms. The summed E-state index contributed by atoms with van der Waals surface area (Å²) in [6.07, 6.45) is 0.769. The first-order valence-electron chi connectivity index (χ1n) is 7.16. The van der Waals surface area contributed by atoms with Crippen LogP contribution in [0.4, 0.5) is 5.69 Å². The van der Waals surface area contributed by atoms with Crippen LogP contribution >= 0.6 is 0 Å². The normalized spacial score (nSPS) is 17.6. The highest BCUT2D eigenvalue weighted by Crippen LogP contribution is 2.38. The van der Waals surface area contributed by atoms with E-state index in [1.807, 2.05) is 30.3 Å². The Labute approximate surface area is 130 Å². The molecule has 0 saturated heterocycles. The van der Waals surface area contributed by atoms with Gasteiger partial charge in [-0.25, -0.2) is 8.42 Å². The van der Waals surface area contributed by atoms with E-state index >= 15 is 0 Å². The molecule has 1 atom stereocenters. The Balaban J connectivity index is 2.16. The highest BCUT2D eigenvalue weighted by molar-refractivity contribution is 7.92. The van der Waals surface area contributed by atoms with Gasteiger partial charge in [0.25, 0.3) is 10.0 Å². The number of nitriles is 1. The van der Waals surface area contributed by atoms with Crippen LogP contribution in [0.2, 0.25) is 0 Å². The molecule has 1 aliphatic rings. The fourth-order valence-corrected chi connectivity index (χ4v) is 4.52. The Kier molecular flexibility index (Phi) is 3.63. The van der Waals surface area contributed by atoms with Gasteiger partial charge in [0.1, 0.15) is 11.0 Å². The number of fused-ring (bicyclic) bond motifs is 1. The second-order valence-electron chi connectivity index (χ2n) is 5.43. The molecule has 0 aliphatic carbocycles. The van der Waals surface area contributed by atoms with Crippen molar-refractivity contribution in [3.8, 4) is 6.07 Å². The minimum atomic E-state index is -3.73. The Morgan fingerprint density at radius 3 is 2.59 bits per heavy atom. The number of benzene rings is 2. The van der Waals surface area contributed by atoms with Crippen LogP contribution in [0, 0.1) is 11.3 Å². The van der Waals surface area contributed by atoms with Crippen LogP contribution in [-0.4, -0.2) is 15.0 Å². The average molecular weight is 312 g/mol. The molecule has 5 heteroatoms. The number of rotatable bonds is 2. The largest absolute Gasteiger partial charge is 0.266 e. The fourth-order valence-electron chi connectivity index (χ4n) is 2.87. The molecule has 0 N–H and O–H groups in total. The highest BCUT2D eigenvalue weighted by atomic mass is 32.2. The SMILES string of the molecule is CC1CCN(S(=O)(=O)c2ccccc2C#N)c2ccccc21. The molecule has 2 aromatic rings. The Bertz CT molecular complexity index is 853. The molecule has 0 spiro atoms. The van der Waals surface area contributed by atoms with E-state index in [9.17, 15) is 13.7 Å². The number of hydrogen-bond donors (Lipinski definition) is 0. The molecule has 4 nitrogen and oxygen atoms in total. The van der Waals surface area contributed by atoms with Gasteiger partial charge in [0.15, 0.2) is 0 Å². The molecule has 2 aromatic carbocycles. The average Bonchev–Trinajstić information content (AvgIpc) is 2.55. The summed E-state index contributed by atoms with van der Waals surface area (Å²) in [4.78, 5) is 0.0712. The molecule has 1 unspecified atom stereocenters. The predicted molar refractivity (Wildman–Crippen MR) is 85.2 cm³/mol. The van der Waals surface area contributed by atoms with Crippen molar-refractivity contribution in [2.24, 2.45) is 0 Å². The van der Waals surface area contributed by atoms with Crippen molar-refractivity contribution in [2.45, 2.75) is 24.2 Å². The van der Waals surface area contributed by atoms with Crippen molar-refractivity contribution in [1.82, 2.24) is 0 Å². The second-order valence-corrected chi connectivity index (χ2v) is 7.26. The van der Waals surface area contributed by atoms with E-state index in [0.29, 0.717) is 18.2 Å². The van der Waals surface area contributed by atoms with Crippen molar-refractivity contribution >= 4 is 15.7 Å². The third-order valence-corrected chi connectivity index (χ3v) is 5.95. The summed E-state index contributed by atoms with van der Waals surface area (Å²) >= 11 is 0. The summed E-state index contributed by atoms with van der Waals surface area (Å²) in [6.45, 7) is 2.53. The van der Waals surface area contributed by atoms with Crippen LogP contribution < -0.4 is 4.31 Å². The van der Waals surface area contributed by atoms with Gasteiger partial charge in [-0.1, -0.05) is 37.3 Å². The standard InChI is InChI=1S/C17H16N2O2S/c1-13-10-11-19(16-8-4-3-7-15(13)16)22(20,21)17-9-5-2-6-14(17)12-18/h2-9,13H,10-11H2,1H3. The monoisotopic (exact) mass is 312 g/mol. The third kappa shape index (κ3) is 2.26. The molecule has 1 heterocycles. The number of para-hydroxylation sites is 1. The van der Waals surface area contributed by atoms with Gasteiger partial charge in [-0.2, -0.15) is 5.26 Å². The summed E-state index contributed by atoms with van der Waals surface area (Å²) < 4.78 is 27.5. The topological polar surface area (TPSA) is 61.2 Å². The smallest absolute Gasteiger partial charge is 0.265 e. The molecule has 22 heavy (non-hydrogen) atoms. The van der Waals surface area contributed by atoms with E-state index in [1.165, 1.54) is 16.4 Å². The zero-order valence-corrected chi connectivity index (χ0v) is 13.0. The van der Waals surface area contributed by atoms with E-state index in [4.69, 9.17) is 0 Å². The molecule has 1 aliphatic heterocycles. The zero-order valence-electron chi connectivity index (χ0n) is 12.2. The number of hydrogen-bond acceptors (Lipinski definition) is 3. The van der Waals surface area contributed by atoms with Gasteiger partial charge < -0.3 is 0 Å². The highest BCUT2D eigenvalue weighted by Gasteiger charge is 2.32. The minimum Gasteiger partial charge on any atom is -0.266 e. The molecule has 0 saturated carbocycles. The predicted octanol–water partition coefficient (Wildman–Crippen LogP) is 3.26. The fraction of sp³-hybridized carbons (Fsp3) is 0.235. The van der Waals surface area contributed by atoms with Crippen LogP contribution in [0.15, 0.2) is 53.4 Å². The lowest BCUT2D eigenvalue weighted by Crippen LogP contribution is -2.36. The number of sulfonamides is 1. The van der Waals surface area contributed by atoms with Crippen LogP contribution in [-0.2, 0) is 10.0 Å². The summed E-state index contributed by atoms with van der Waals surface area (Å²) in [5.41, 5.74) is 1.93. The molecular formula is C17H16N2O2S. The summed E-state index contributed by atoms with van der Waals surface area (Å²) in [6, 6.07) is 15.9. The molecule has 3 rings (SSSR count). The molecule has 0 fully saturated rings. The van der Waals surface area contributed by atoms with Crippen molar-refractivity contribution in [3.05, 3.63) is 59.7 Å². The lowest BCUT2D eigenvalue weighted by atomic mass is 9.93. The van der Waals surface area contributed by atoms with Crippen molar-refractivity contribution in [3.63, 3.8) is 0 Å². The first-order valence-corrected chi connectivity index (χ1v) is 8.60. The van der Waals surface area contributed by atoms with E-state index in [-0.39, 0.29) is 10.5 Å². The van der Waals surface area contributed by atoms with Gasteiger partial charge in [0.05, 0.1) is 11.3 Å². The van der Waals surface area contributed by atoms with Gasteiger partial charge in [0.2, 0.25) is 0 Å². The molecule has 0 radical (unpaired) electrons. The van der Waals surface area contributed by atoms with Gasteiger partial charge >= 0.3 is 0 Å². The molecule has 0 amide bonds. The maximum atomic E-state index is 13.0. The first kappa shape index (κ1) is 14.6. The maximum Gasteiger partial charge on any atom is 0.265 e. The van der Waals surface area contributed by atoms with Crippen LogP contribution in [0.25, 0.3) is 0 Å². The number of anilines is 1. The Morgan fingerprint density at radius 1 is 1.14 bits per heavy atom. The number of nitrogens with zero attached hydrogens (tertiary/aromatic N) is 2. The minimum absolute atomic E-state index is 0.0712. The quantitative estimate of drug-likeness (QED) is 0.855. The summed E-state index contributed by atoms with van der Waals surface area (Å²) in [7, 11) is -3.73. The van der Waals surface area contributed by atoms with Gasteiger partial charge in [-0.15, -0.1) is 0 Å². The van der Waals surface area contributed by atoms with Crippen LogP contribution in [0.5, 0.6) is 0 Å². The third-order valence-electron chi connectivity index (χ3n) is 4.08. The van der Waals surface area contributed by atoms with Crippen molar-refractivity contribution in [1.29, 1.82) is 5.26 Å². The zero-order chi connectivity index (χ0) is 15.7. The lowest BCUT2D eigenvalue weighted by molar-refractivity contribution is 0.578. The maximum absolute atomic E-state index is 13.0. The van der Waals surface area contributed by atoms with Crippen LogP contribution in [0.3, 0.4) is 0 Å². The van der Waals surface area contributed by atoms with E-state index in [1.54, 1.807) is 12.1 Å². The van der Waals surface area contributed by atoms with Crippen molar-refractivity contribution < 1.29 is 8.42 Å². The van der Waals surface area contributed by atoms with Crippen LogP contribution in [0.1, 0.15) is 30.4 Å². The Morgan fingerprint density at radius 2 is 1.82 bits per heavy atom. The Hall–Kier alpha value is -2.32. The summed E-state index contributed by atoms with van der Waals surface area (Å²) in [5.74, 6) is 0.328. The molecule has 112 valence electrons. The summed E-state index contributed by atoms with van der Waals surface area (Å²) in [5, 5.41) is 9.18. The lowest BCUT2D eigenvalue weighted by Gasteiger charge is -2.33. The van der Waals surface area contributed by atoms with E-state index in [0.717, 1.165) is 12.0 Å². The van der Waals surface area contributed by atoms with Gasteiger partial charge in [-0.3, -0.25) is 4.31 Å². The van der Waals surface area contributed by atoms with E-state index in [2.05, 4.69) is 6.92 Å². The van der Waals surface area contributed by atoms with Gasteiger partial charge in [0, 0.05) is 6.54 Å². The van der Waals surface area contributed by atoms with E-state index < -0.39 is 10.0 Å². The second kappa shape index (κ2) is 5.47.